The Balaban J connectivity index is 1.59. The van der Waals surface area contributed by atoms with E-state index in [2.05, 4.69) is 9.88 Å². The monoisotopic (exact) mass is 349 g/mol. The molecule has 0 atom stereocenters. The molecule has 1 aromatic carbocycles. The predicted molar refractivity (Wildman–Crippen MR) is 91.9 cm³/mol. The largest absolute Gasteiger partial charge is 0.336 e. The lowest BCUT2D eigenvalue weighted by Gasteiger charge is -2.34. The molecule has 0 aliphatic carbocycles. The summed E-state index contributed by atoms with van der Waals surface area (Å²) in [4.78, 5) is 21.0. The molecule has 0 saturated carbocycles. The van der Waals surface area contributed by atoms with E-state index in [0.29, 0.717) is 28.7 Å². The fourth-order valence-corrected chi connectivity index (χ4v) is 3.22. The van der Waals surface area contributed by atoms with E-state index in [1.54, 1.807) is 24.4 Å². The van der Waals surface area contributed by atoms with Gasteiger partial charge >= 0.3 is 0 Å². The molecule has 1 aromatic heterocycles. The molecule has 1 saturated heterocycles. The Kier molecular flexibility index (Phi) is 5.16. The van der Waals surface area contributed by atoms with E-state index < -0.39 is 0 Å². The van der Waals surface area contributed by atoms with Crippen LogP contribution in [-0.2, 0) is 6.54 Å². The minimum Gasteiger partial charge on any atom is -0.336 e. The van der Waals surface area contributed by atoms with Crippen LogP contribution in [0.1, 0.15) is 16.1 Å². The molecule has 3 rings (SSSR count). The molecule has 6 heteroatoms. The Hall–Kier alpha value is -1.62. The van der Waals surface area contributed by atoms with E-state index in [4.69, 9.17) is 23.2 Å². The molecule has 23 heavy (non-hydrogen) atoms. The molecule has 0 radical (unpaired) electrons. The third kappa shape index (κ3) is 4.22. The smallest absolute Gasteiger partial charge is 0.254 e. The van der Waals surface area contributed by atoms with Gasteiger partial charge in [0.05, 0.1) is 5.69 Å². The fourth-order valence-electron chi connectivity index (χ4n) is 2.69. The van der Waals surface area contributed by atoms with Crippen molar-refractivity contribution in [1.29, 1.82) is 0 Å². The van der Waals surface area contributed by atoms with Crippen molar-refractivity contribution in [3.8, 4) is 0 Å². The van der Waals surface area contributed by atoms with E-state index in [1.807, 2.05) is 23.1 Å². The first-order valence-electron chi connectivity index (χ1n) is 7.49. The standard InChI is InChI=1S/C17H17Cl2N3O/c18-14-9-13(10-15(19)11-14)17(23)22-7-5-21(6-8-22)12-16-3-1-2-4-20-16/h1-4,9-11H,5-8,12H2. The zero-order valence-electron chi connectivity index (χ0n) is 12.6. The molecule has 4 nitrogen and oxygen atoms in total. The summed E-state index contributed by atoms with van der Waals surface area (Å²) in [5.74, 6) is -0.0214. The minimum atomic E-state index is -0.0214. The van der Waals surface area contributed by atoms with Crippen molar-refractivity contribution >= 4 is 29.1 Å². The summed E-state index contributed by atoms with van der Waals surface area (Å²) in [6, 6.07) is 10.9. The Labute approximate surface area is 145 Å². The van der Waals surface area contributed by atoms with E-state index in [9.17, 15) is 4.79 Å². The van der Waals surface area contributed by atoms with Crippen LogP contribution in [0.4, 0.5) is 0 Å². The van der Waals surface area contributed by atoms with Crippen LogP contribution in [0.15, 0.2) is 42.6 Å². The van der Waals surface area contributed by atoms with Crippen molar-refractivity contribution in [3.63, 3.8) is 0 Å². The molecule has 2 aromatic rings. The molecule has 0 N–H and O–H groups in total. The molecule has 1 aliphatic rings. The number of nitrogens with zero attached hydrogens (tertiary/aromatic N) is 3. The van der Waals surface area contributed by atoms with Crippen molar-refractivity contribution in [2.45, 2.75) is 6.54 Å². The van der Waals surface area contributed by atoms with Crippen molar-refractivity contribution in [1.82, 2.24) is 14.8 Å². The lowest BCUT2D eigenvalue weighted by molar-refractivity contribution is 0.0627. The fraction of sp³-hybridized carbons (Fsp3) is 0.294. The number of carbonyl (C=O) groups is 1. The second-order valence-electron chi connectivity index (χ2n) is 5.55. The third-order valence-corrected chi connectivity index (χ3v) is 4.32. The first-order chi connectivity index (χ1) is 11.1. The van der Waals surface area contributed by atoms with E-state index in [-0.39, 0.29) is 5.91 Å². The highest BCUT2D eigenvalue weighted by Crippen LogP contribution is 2.20. The number of aromatic nitrogens is 1. The number of pyridine rings is 1. The highest BCUT2D eigenvalue weighted by atomic mass is 35.5. The number of hydrogen-bond donors (Lipinski definition) is 0. The van der Waals surface area contributed by atoms with Gasteiger partial charge in [-0.2, -0.15) is 0 Å². The average Bonchev–Trinajstić information content (AvgIpc) is 2.55. The maximum Gasteiger partial charge on any atom is 0.254 e. The summed E-state index contributed by atoms with van der Waals surface area (Å²) in [6.07, 6.45) is 1.80. The number of rotatable bonds is 3. The first kappa shape index (κ1) is 16.2. The van der Waals surface area contributed by atoms with Gasteiger partial charge in [-0.1, -0.05) is 29.3 Å². The lowest BCUT2D eigenvalue weighted by atomic mass is 10.1. The Morgan fingerprint density at radius 3 is 2.35 bits per heavy atom. The Bertz CT molecular complexity index is 665. The molecule has 0 unspecified atom stereocenters. The van der Waals surface area contributed by atoms with Gasteiger partial charge in [0, 0.05) is 54.5 Å². The highest BCUT2D eigenvalue weighted by Gasteiger charge is 2.22. The minimum absolute atomic E-state index is 0.0214. The summed E-state index contributed by atoms with van der Waals surface area (Å²) in [7, 11) is 0. The summed E-state index contributed by atoms with van der Waals surface area (Å²) in [5, 5.41) is 0.962. The first-order valence-corrected chi connectivity index (χ1v) is 8.25. The van der Waals surface area contributed by atoms with Gasteiger partial charge < -0.3 is 4.90 Å². The lowest BCUT2D eigenvalue weighted by Crippen LogP contribution is -2.48. The van der Waals surface area contributed by atoms with Crippen LogP contribution in [0.3, 0.4) is 0 Å². The maximum absolute atomic E-state index is 12.5. The van der Waals surface area contributed by atoms with Crippen LogP contribution in [-0.4, -0.2) is 46.9 Å². The molecule has 1 amide bonds. The normalized spacial score (nSPS) is 15.7. The van der Waals surface area contributed by atoms with Crippen LogP contribution in [0.5, 0.6) is 0 Å². The Morgan fingerprint density at radius 1 is 1.04 bits per heavy atom. The number of benzene rings is 1. The SMILES string of the molecule is O=C(c1cc(Cl)cc(Cl)c1)N1CCN(Cc2ccccn2)CC1. The van der Waals surface area contributed by atoms with E-state index in [0.717, 1.165) is 25.3 Å². The zero-order chi connectivity index (χ0) is 16.2. The number of halogens is 2. The third-order valence-electron chi connectivity index (χ3n) is 3.88. The van der Waals surface area contributed by atoms with Gasteiger partial charge in [-0.25, -0.2) is 0 Å². The zero-order valence-corrected chi connectivity index (χ0v) is 14.1. The van der Waals surface area contributed by atoms with Crippen molar-refractivity contribution in [2.24, 2.45) is 0 Å². The van der Waals surface area contributed by atoms with E-state index >= 15 is 0 Å². The maximum atomic E-state index is 12.5. The molecule has 1 fully saturated rings. The van der Waals surface area contributed by atoms with Crippen LogP contribution in [0.2, 0.25) is 10.0 Å². The molecular weight excluding hydrogens is 333 g/mol. The summed E-state index contributed by atoms with van der Waals surface area (Å²) < 4.78 is 0. The van der Waals surface area contributed by atoms with Gasteiger partial charge in [-0.05, 0) is 30.3 Å². The van der Waals surface area contributed by atoms with Crippen molar-refractivity contribution in [2.75, 3.05) is 26.2 Å². The number of amides is 1. The van der Waals surface area contributed by atoms with Crippen molar-refractivity contribution < 1.29 is 4.79 Å². The number of piperazine rings is 1. The van der Waals surface area contributed by atoms with Crippen LogP contribution < -0.4 is 0 Å². The van der Waals surface area contributed by atoms with Gasteiger partial charge in [-0.15, -0.1) is 0 Å². The molecular formula is C17H17Cl2N3O. The molecule has 0 bridgehead atoms. The van der Waals surface area contributed by atoms with Gasteiger partial charge in [0.2, 0.25) is 0 Å². The second kappa shape index (κ2) is 7.30. The summed E-state index contributed by atoms with van der Waals surface area (Å²) in [5.41, 5.74) is 1.59. The quantitative estimate of drug-likeness (QED) is 0.852. The van der Waals surface area contributed by atoms with E-state index in [1.165, 1.54) is 0 Å². The average molecular weight is 350 g/mol. The molecule has 2 heterocycles. The second-order valence-corrected chi connectivity index (χ2v) is 6.42. The highest BCUT2D eigenvalue weighted by molar-refractivity contribution is 6.35. The van der Waals surface area contributed by atoms with Gasteiger partial charge in [0.1, 0.15) is 0 Å². The topological polar surface area (TPSA) is 36.4 Å². The van der Waals surface area contributed by atoms with Gasteiger partial charge in [0.15, 0.2) is 0 Å². The predicted octanol–water partition coefficient (Wildman–Crippen LogP) is 3.35. The van der Waals surface area contributed by atoms with Gasteiger partial charge in [0.25, 0.3) is 5.91 Å². The Morgan fingerprint density at radius 2 is 1.74 bits per heavy atom. The molecule has 0 spiro atoms. The van der Waals surface area contributed by atoms with Crippen molar-refractivity contribution in [3.05, 3.63) is 63.9 Å². The van der Waals surface area contributed by atoms with Crippen LogP contribution in [0.25, 0.3) is 0 Å². The van der Waals surface area contributed by atoms with Crippen LogP contribution in [0, 0.1) is 0 Å². The number of carbonyl (C=O) groups excluding carboxylic acids is 1. The molecule has 120 valence electrons. The van der Waals surface area contributed by atoms with Gasteiger partial charge in [-0.3, -0.25) is 14.7 Å². The summed E-state index contributed by atoms with van der Waals surface area (Å²) in [6.45, 7) is 3.85. The summed E-state index contributed by atoms with van der Waals surface area (Å²) >= 11 is 12.0. The molecule has 1 aliphatic heterocycles. The van der Waals surface area contributed by atoms with Crippen LogP contribution >= 0.6 is 23.2 Å². The number of hydrogen-bond acceptors (Lipinski definition) is 3.